The number of nitrogens with one attached hydrogen (secondary N) is 1. The Labute approximate surface area is 122 Å². The van der Waals surface area contributed by atoms with Gasteiger partial charge in [-0.25, -0.2) is 9.59 Å². The molecule has 0 unspecified atom stereocenters. The molecule has 1 heterocycles. The molecule has 4 N–H and O–H groups in total. The van der Waals surface area contributed by atoms with Gasteiger partial charge in [-0.1, -0.05) is 0 Å². The Balaban J connectivity index is 2.61. The number of nitrogens with two attached hydrogens (primary N) is 1. The van der Waals surface area contributed by atoms with Crippen molar-refractivity contribution in [1.29, 1.82) is 0 Å². The first-order valence-electron chi connectivity index (χ1n) is 6.23. The fourth-order valence-corrected chi connectivity index (χ4v) is 1.32. The molecule has 0 spiro atoms. The van der Waals surface area contributed by atoms with E-state index in [2.05, 4.69) is 10.3 Å². The maximum Gasteiger partial charge on any atom is 0.408 e. The van der Waals surface area contributed by atoms with Gasteiger partial charge in [-0.3, -0.25) is 4.98 Å². The number of hydrogen-bond acceptors (Lipinski definition) is 6. The highest BCUT2D eigenvalue weighted by Gasteiger charge is 2.24. The van der Waals surface area contributed by atoms with Crippen LogP contribution < -0.4 is 15.8 Å². The standard InChI is InChI=1S/C13H19N3O5/c1-13(2,3)21-12(19)16-9(11(17)18)7-20-10-4-5-15-6-8(10)14/h4-6,9H,7,14H2,1-3H3,(H,16,19)(H,17,18)/t9-/m0/s1. The fourth-order valence-electron chi connectivity index (χ4n) is 1.32. The van der Waals surface area contributed by atoms with Crippen molar-refractivity contribution in [2.75, 3.05) is 12.3 Å². The third kappa shape index (κ3) is 5.98. The molecule has 0 bridgehead atoms. The van der Waals surface area contributed by atoms with Crippen LogP contribution in [0.5, 0.6) is 5.75 Å². The molecule has 1 atom stereocenters. The Morgan fingerprint density at radius 2 is 2.14 bits per heavy atom. The number of carbonyl (C=O) groups is 2. The van der Waals surface area contributed by atoms with Gasteiger partial charge >= 0.3 is 12.1 Å². The van der Waals surface area contributed by atoms with Crippen LogP contribution in [0, 0.1) is 0 Å². The van der Waals surface area contributed by atoms with Crippen LogP contribution in [-0.2, 0) is 9.53 Å². The topological polar surface area (TPSA) is 124 Å². The lowest BCUT2D eigenvalue weighted by Gasteiger charge is -2.22. The first-order valence-corrected chi connectivity index (χ1v) is 6.23. The third-order valence-electron chi connectivity index (χ3n) is 2.20. The second kappa shape index (κ2) is 6.78. The molecule has 0 aliphatic carbocycles. The maximum atomic E-state index is 11.6. The third-order valence-corrected chi connectivity index (χ3v) is 2.20. The van der Waals surface area contributed by atoms with Gasteiger partial charge in [0, 0.05) is 12.3 Å². The largest absolute Gasteiger partial charge is 0.489 e. The highest BCUT2D eigenvalue weighted by molar-refractivity contribution is 5.80. The molecular weight excluding hydrogens is 278 g/mol. The van der Waals surface area contributed by atoms with Gasteiger partial charge in [0.2, 0.25) is 0 Å². The van der Waals surface area contributed by atoms with E-state index in [0.717, 1.165) is 0 Å². The number of ether oxygens (including phenoxy) is 2. The number of amides is 1. The summed E-state index contributed by atoms with van der Waals surface area (Å²) >= 11 is 0. The Hall–Kier alpha value is -2.51. The minimum absolute atomic E-state index is 0.277. The van der Waals surface area contributed by atoms with Gasteiger partial charge in [0.25, 0.3) is 0 Å². The zero-order chi connectivity index (χ0) is 16.0. The Morgan fingerprint density at radius 1 is 1.48 bits per heavy atom. The van der Waals surface area contributed by atoms with Gasteiger partial charge in [-0.05, 0) is 20.8 Å². The second-order valence-electron chi connectivity index (χ2n) is 5.26. The average Bonchev–Trinajstić information content (AvgIpc) is 2.33. The predicted octanol–water partition coefficient (Wildman–Crippen LogP) is 1.02. The molecule has 21 heavy (non-hydrogen) atoms. The van der Waals surface area contributed by atoms with E-state index in [1.807, 2.05) is 0 Å². The summed E-state index contributed by atoms with van der Waals surface area (Å²) in [6.07, 6.45) is 2.01. The van der Waals surface area contributed by atoms with E-state index < -0.39 is 23.7 Å². The molecule has 1 rings (SSSR count). The molecule has 116 valence electrons. The van der Waals surface area contributed by atoms with Crippen molar-refractivity contribution >= 4 is 17.7 Å². The lowest BCUT2D eigenvalue weighted by Crippen LogP contribution is -2.46. The van der Waals surface area contributed by atoms with Crippen molar-refractivity contribution < 1.29 is 24.2 Å². The van der Waals surface area contributed by atoms with Gasteiger partial charge in [0.05, 0.1) is 11.9 Å². The molecule has 0 saturated heterocycles. The van der Waals surface area contributed by atoms with Crippen LogP contribution in [0.4, 0.5) is 10.5 Å². The smallest absolute Gasteiger partial charge is 0.408 e. The van der Waals surface area contributed by atoms with Crippen molar-refractivity contribution in [3.63, 3.8) is 0 Å². The number of anilines is 1. The van der Waals surface area contributed by atoms with Crippen LogP contribution in [0.15, 0.2) is 18.5 Å². The summed E-state index contributed by atoms with van der Waals surface area (Å²) in [4.78, 5) is 26.5. The molecule has 0 aliphatic rings. The van der Waals surface area contributed by atoms with E-state index in [1.165, 1.54) is 18.5 Å². The second-order valence-corrected chi connectivity index (χ2v) is 5.26. The summed E-state index contributed by atoms with van der Waals surface area (Å²) in [7, 11) is 0. The average molecular weight is 297 g/mol. The Bertz CT molecular complexity index is 513. The number of rotatable bonds is 5. The number of aliphatic carboxylic acids is 1. The molecule has 0 radical (unpaired) electrons. The zero-order valence-electron chi connectivity index (χ0n) is 12.1. The van der Waals surface area contributed by atoms with Crippen molar-refractivity contribution in [2.45, 2.75) is 32.4 Å². The summed E-state index contributed by atoms with van der Waals surface area (Å²) in [5.74, 6) is -0.948. The number of aromatic nitrogens is 1. The summed E-state index contributed by atoms with van der Waals surface area (Å²) in [5.41, 5.74) is 5.18. The van der Waals surface area contributed by atoms with E-state index in [-0.39, 0.29) is 12.3 Å². The molecule has 0 fully saturated rings. The molecule has 0 aliphatic heterocycles. The van der Waals surface area contributed by atoms with Crippen molar-refractivity contribution in [3.05, 3.63) is 18.5 Å². The van der Waals surface area contributed by atoms with Gasteiger partial charge in [0.15, 0.2) is 6.04 Å². The molecule has 1 aromatic heterocycles. The highest BCUT2D eigenvalue weighted by atomic mass is 16.6. The van der Waals surface area contributed by atoms with E-state index >= 15 is 0 Å². The maximum absolute atomic E-state index is 11.6. The number of nitrogen functional groups attached to an aromatic ring is 1. The number of carboxylic acids is 1. The van der Waals surface area contributed by atoms with Gasteiger partial charge in [-0.15, -0.1) is 0 Å². The monoisotopic (exact) mass is 297 g/mol. The molecule has 0 aromatic carbocycles. The van der Waals surface area contributed by atoms with Crippen LogP contribution in [-0.4, -0.2) is 40.4 Å². The number of pyridine rings is 1. The lowest BCUT2D eigenvalue weighted by molar-refractivity contribution is -0.140. The molecular formula is C13H19N3O5. The minimum atomic E-state index is -1.26. The number of hydrogen-bond donors (Lipinski definition) is 3. The van der Waals surface area contributed by atoms with E-state index in [1.54, 1.807) is 20.8 Å². The lowest BCUT2D eigenvalue weighted by atomic mass is 10.2. The quantitative estimate of drug-likeness (QED) is 0.741. The molecule has 8 heteroatoms. The normalized spacial score (nSPS) is 12.3. The fraction of sp³-hybridized carbons (Fsp3) is 0.462. The predicted molar refractivity (Wildman–Crippen MR) is 74.9 cm³/mol. The van der Waals surface area contributed by atoms with E-state index in [9.17, 15) is 9.59 Å². The number of nitrogens with zero attached hydrogens (tertiary/aromatic N) is 1. The SMILES string of the molecule is CC(C)(C)OC(=O)N[C@@H](COc1ccncc1N)C(=O)O. The number of alkyl carbamates (subject to hydrolysis) is 1. The molecule has 8 nitrogen and oxygen atoms in total. The first kappa shape index (κ1) is 16.5. The molecule has 1 amide bonds. The summed E-state index contributed by atoms with van der Waals surface area (Å²) in [6.45, 7) is 4.74. The first-order chi connectivity index (χ1) is 9.69. The Kier molecular flexibility index (Phi) is 5.34. The van der Waals surface area contributed by atoms with Crippen LogP contribution in [0.25, 0.3) is 0 Å². The number of carbonyl (C=O) groups excluding carboxylic acids is 1. The summed E-state index contributed by atoms with van der Waals surface area (Å²) < 4.78 is 10.3. The summed E-state index contributed by atoms with van der Waals surface area (Å²) in [5, 5.41) is 11.3. The van der Waals surface area contributed by atoms with Gasteiger partial charge in [-0.2, -0.15) is 0 Å². The Morgan fingerprint density at radius 3 is 2.67 bits per heavy atom. The van der Waals surface area contributed by atoms with Crippen molar-refractivity contribution in [3.8, 4) is 5.75 Å². The van der Waals surface area contributed by atoms with Crippen LogP contribution in [0.3, 0.4) is 0 Å². The van der Waals surface area contributed by atoms with Gasteiger partial charge < -0.3 is 25.6 Å². The minimum Gasteiger partial charge on any atom is -0.489 e. The van der Waals surface area contributed by atoms with E-state index in [0.29, 0.717) is 5.75 Å². The molecule has 0 saturated carbocycles. The van der Waals surface area contributed by atoms with Crippen LogP contribution >= 0.6 is 0 Å². The summed E-state index contributed by atoms with van der Waals surface area (Å²) in [6, 6.07) is 0.245. The van der Waals surface area contributed by atoms with Crippen LogP contribution in [0.2, 0.25) is 0 Å². The zero-order valence-corrected chi connectivity index (χ0v) is 12.1. The van der Waals surface area contributed by atoms with Crippen LogP contribution in [0.1, 0.15) is 20.8 Å². The highest BCUT2D eigenvalue weighted by Crippen LogP contribution is 2.18. The molecule has 1 aromatic rings. The van der Waals surface area contributed by atoms with Crippen molar-refractivity contribution in [1.82, 2.24) is 10.3 Å². The van der Waals surface area contributed by atoms with E-state index in [4.69, 9.17) is 20.3 Å². The van der Waals surface area contributed by atoms with Gasteiger partial charge in [0.1, 0.15) is 18.0 Å². The van der Waals surface area contributed by atoms with Crippen molar-refractivity contribution in [2.24, 2.45) is 0 Å². The number of carboxylic acid groups (broad SMARTS) is 1.